The standard InChI is InChI=1S/C22H36N5O8PS.C15H32N3OP.C13H19N3O7S.CH3I.H2P/c1-15(2)27(16(3)4)36(33-12-6-9-23)35-19-17(14-25-10-7-13-37(25,30)31)34-21(20(19)32-5)26-11-8-18(28)24-22(26)29;1-12(2)17(13(3)4)20(19-11-9-10-16)18(14(5)6)15(7)8;1-22-11-10(18)8(7-15-4-2-6-24(15,20)21)23-12(11)16-5-3-9(17)14-13(16)19;1-2;/h8,11,15-17,19-21H,6-7,10,12-14H2,1-5H3,(H,24,28,29);12-15H,9,11H2,1-8H3;3,5,8,10-12,18H,2,4,6-7H2,1H3,(H,14,17,19);1H3;1H2/q;;;;-1/t17-,19-,20-,21-,36?;;8-,10-,11-,12-;;/m1.1../s1/i;;;1D;. The second-order valence-electron chi connectivity index (χ2n) is 21.4. The van der Waals surface area contributed by atoms with Crippen molar-refractivity contribution in [2.75, 3.05) is 70.0 Å². The number of nitrogens with one attached hydrogen (secondary N) is 2. The summed E-state index contributed by atoms with van der Waals surface area (Å²) in [5.74, 6) is 0.131. The van der Waals surface area contributed by atoms with E-state index in [1.54, 1.807) is 0 Å². The number of aliphatic hydroxyl groups is 1. The van der Waals surface area contributed by atoms with Crippen LogP contribution in [0.2, 0.25) is 0 Å². The molecule has 33 heteroatoms. The van der Waals surface area contributed by atoms with E-state index in [4.69, 9.17) is 44.4 Å². The number of H-pyrrole nitrogens is 2. The summed E-state index contributed by atoms with van der Waals surface area (Å²) in [5, 5.41) is 28.2. The molecule has 482 valence electrons. The zero-order valence-electron chi connectivity index (χ0n) is 51.8. The van der Waals surface area contributed by atoms with Crippen LogP contribution in [0.25, 0.3) is 0 Å². The predicted octanol–water partition coefficient (Wildman–Crippen LogP) is 4.75. The summed E-state index contributed by atoms with van der Waals surface area (Å²) < 4.78 is 109. The van der Waals surface area contributed by atoms with Gasteiger partial charge in [-0.25, -0.2) is 40.4 Å². The van der Waals surface area contributed by atoms with Crippen molar-refractivity contribution in [3.05, 3.63) is 66.2 Å². The molecule has 1 unspecified atom stereocenters. The van der Waals surface area contributed by atoms with Gasteiger partial charge in [0.05, 0.1) is 49.7 Å². The summed E-state index contributed by atoms with van der Waals surface area (Å²) in [6, 6.07) is 8.33. The van der Waals surface area contributed by atoms with Gasteiger partial charge in [-0.05, 0) is 101 Å². The summed E-state index contributed by atoms with van der Waals surface area (Å²) in [6.45, 7) is 27.1. The molecule has 6 heterocycles. The number of alkyl halides is 1. The number of nitrogens with zero attached hydrogens (tertiary/aromatic N) is 9. The molecule has 0 radical (unpaired) electrons. The fourth-order valence-electron chi connectivity index (χ4n) is 10.1. The predicted molar refractivity (Wildman–Crippen MR) is 335 cm³/mol. The highest BCUT2D eigenvalue weighted by Crippen LogP contribution is 2.52. The van der Waals surface area contributed by atoms with Crippen LogP contribution < -0.4 is 22.5 Å². The lowest BCUT2D eigenvalue weighted by Crippen LogP contribution is -2.44. The lowest BCUT2D eigenvalue weighted by Gasteiger charge is -2.45. The Bertz CT molecular complexity index is 2840. The van der Waals surface area contributed by atoms with Gasteiger partial charge in [0.2, 0.25) is 20.0 Å². The Balaban J connectivity index is 0.000000446. The molecule has 4 aliphatic heterocycles. The molecule has 4 aliphatic rings. The first-order valence-electron chi connectivity index (χ1n) is 28.3. The number of aliphatic hydroxyl groups excluding tert-OH is 1. The quantitative estimate of drug-likeness (QED) is 0.0522. The fourth-order valence-corrected chi connectivity index (χ4v) is 17.2. The van der Waals surface area contributed by atoms with Gasteiger partial charge in [0, 0.05) is 103 Å². The van der Waals surface area contributed by atoms with E-state index in [1.165, 1.54) is 45.9 Å². The van der Waals surface area contributed by atoms with E-state index in [0.29, 0.717) is 68.0 Å². The van der Waals surface area contributed by atoms with E-state index < -0.39 is 109 Å². The Hall–Kier alpha value is -2.26. The molecule has 0 aliphatic carbocycles. The Morgan fingerprint density at radius 2 is 1.06 bits per heavy atom. The van der Waals surface area contributed by atoms with Crippen LogP contribution in [0.15, 0.2) is 43.7 Å². The molecule has 4 saturated heterocycles. The molecule has 0 amide bonds. The highest BCUT2D eigenvalue weighted by atomic mass is 127. The van der Waals surface area contributed by atoms with E-state index in [9.17, 15) is 41.1 Å². The maximum Gasteiger partial charge on any atom is 0.330 e. The van der Waals surface area contributed by atoms with Gasteiger partial charge in [0.1, 0.15) is 36.6 Å². The van der Waals surface area contributed by atoms with E-state index in [0.717, 1.165) is 10.6 Å². The molecule has 4 fully saturated rings. The van der Waals surface area contributed by atoms with Gasteiger partial charge in [0.25, 0.3) is 19.6 Å². The molecule has 2 aromatic heterocycles. The molecule has 27 nitrogen and oxygen atoms in total. The van der Waals surface area contributed by atoms with E-state index >= 15 is 0 Å². The lowest BCUT2D eigenvalue weighted by atomic mass is 10.1. The van der Waals surface area contributed by atoms with Gasteiger partial charge in [0.15, 0.2) is 20.9 Å². The SMILES string of the molecule is CC(C)N(C(C)C)P(OCCC#N)N(C(C)C)C(C)C.CO[C@@H]1[C@H](O)[C@@H](CN2CCCS2(=O)=O)O[C@H]1n1ccc(=O)[nH]c1=O.CO[C@@H]1[C@H](OP(OCCC#N)N(C(C)C)C(C)C)[C@@H](CN2CCCS2(=O)=O)O[C@H]1n1ccc(=O)[nH]c1=O.[2H]CI.[PH2-]. The molecular formula is C51H92IN11O16P3S2-. The van der Waals surface area contributed by atoms with Crippen LogP contribution in [0.3, 0.4) is 0 Å². The maximum absolute atomic E-state index is 12.6. The third-order valence-electron chi connectivity index (χ3n) is 13.4. The minimum Gasteiger partial charge on any atom is -0.577 e. The highest BCUT2D eigenvalue weighted by Gasteiger charge is 2.52. The largest absolute Gasteiger partial charge is 0.577 e. The van der Waals surface area contributed by atoms with E-state index in [1.807, 2.05) is 55.0 Å². The van der Waals surface area contributed by atoms with E-state index in [-0.39, 0.29) is 59.6 Å². The first-order valence-corrected chi connectivity index (χ1v) is 34.6. The lowest BCUT2D eigenvalue weighted by molar-refractivity contribution is -0.0555. The van der Waals surface area contributed by atoms with Crippen molar-refractivity contribution < 1.29 is 55.8 Å². The van der Waals surface area contributed by atoms with Gasteiger partial charge in [-0.1, -0.05) is 22.6 Å². The van der Waals surface area contributed by atoms with Crippen LogP contribution in [-0.2, 0) is 52.6 Å². The number of hydrogen-bond donors (Lipinski definition) is 3. The normalized spacial score (nSPS) is 24.5. The molecular weight excluding hydrogens is 1310 g/mol. The summed E-state index contributed by atoms with van der Waals surface area (Å²) in [6.07, 6.45) is -3.01. The summed E-state index contributed by atoms with van der Waals surface area (Å²) in [5.41, 5.74) is -2.49. The van der Waals surface area contributed by atoms with Crippen LogP contribution in [-0.4, -0.2) is 207 Å². The average molecular weight is 1400 g/mol. The summed E-state index contributed by atoms with van der Waals surface area (Å²) >= 11 is 1.96. The van der Waals surface area contributed by atoms with Gasteiger partial charge in [-0.3, -0.25) is 28.7 Å². The van der Waals surface area contributed by atoms with Crippen molar-refractivity contribution >= 4 is 69.5 Å². The molecule has 2 aromatic rings. The van der Waals surface area contributed by atoms with Crippen molar-refractivity contribution in [3.63, 3.8) is 0 Å². The van der Waals surface area contributed by atoms with Gasteiger partial charge < -0.3 is 47.5 Å². The zero-order chi connectivity index (χ0) is 63.4. The molecule has 0 bridgehead atoms. The molecule has 3 N–H and O–H groups in total. The van der Waals surface area contributed by atoms with Crippen LogP contribution >= 0.6 is 49.5 Å². The van der Waals surface area contributed by atoms with Crippen LogP contribution in [0.5, 0.6) is 0 Å². The zero-order valence-corrected chi connectivity index (χ0v) is 57.6. The third-order valence-corrected chi connectivity index (χ3v) is 22.4. The number of rotatable bonds is 25. The smallest absolute Gasteiger partial charge is 0.330 e. The number of ether oxygens (including phenoxy) is 4. The van der Waals surface area contributed by atoms with Crippen LogP contribution in [0.4, 0.5) is 0 Å². The van der Waals surface area contributed by atoms with Crippen molar-refractivity contribution in [2.24, 2.45) is 0 Å². The Morgan fingerprint density at radius 1 is 0.679 bits per heavy atom. The number of aromatic nitrogens is 4. The summed E-state index contributed by atoms with van der Waals surface area (Å²) in [4.78, 5) is 52.1. The van der Waals surface area contributed by atoms with Crippen molar-refractivity contribution in [1.82, 2.24) is 41.7 Å². The van der Waals surface area contributed by atoms with Crippen LogP contribution in [0, 0.1) is 22.7 Å². The molecule has 6 rings (SSSR count). The van der Waals surface area contributed by atoms with E-state index in [2.05, 4.69) is 86.8 Å². The Morgan fingerprint density at radius 3 is 1.42 bits per heavy atom. The topological polar surface area (TPSA) is 327 Å². The third kappa shape index (κ3) is 21.5. The molecule has 0 aromatic carbocycles. The van der Waals surface area contributed by atoms with Gasteiger partial charge >= 0.3 is 11.4 Å². The van der Waals surface area contributed by atoms with Gasteiger partial charge in [-0.15, -0.1) is 0 Å². The minimum atomic E-state index is -3.44. The minimum absolute atomic E-state index is 0. The summed E-state index contributed by atoms with van der Waals surface area (Å²) in [7, 11) is -6.52. The first-order chi connectivity index (χ1) is 39.5. The molecule has 0 spiro atoms. The molecule has 84 heavy (non-hydrogen) atoms. The number of sulfonamides is 2. The number of hydrogen-bond acceptors (Lipinski definition) is 21. The van der Waals surface area contributed by atoms with Crippen molar-refractivity contribution in [2.45, 2.75) is 194 Å². The number of aromatic amines is 2. The highest BCUT2D eigenvalue weighted by molar-refractivity contribution is 14.1. The fraction of sp³-hybridized carbons (Fsp3) is 0.804. The van der Waals surface area contributed by atoms with Gasteiger partial charge in [-0.2, -0.15) is 19.1 Å². The molecule has 9 atom stereocenters. The number of halogens is 1. The maximum atomic E-state index is 12.6. The second-order valence-corrected chi connectivity index (χ2v) is 28.6. The molecule has 0 saturated carbocycles. The van der Waals surface area contributed by atoms with Crippen molar-refractivity contribution in [1.29, 1.82) is 10.5 Å². The average Bonchev–Trinajstić information content (AvgIpc) is 2.07. The first kappa shape index (κ1) is 76.0. The monoisotopic (exact) mass is 1400 g/mol. The number of nitriles is 2. The Kier molecular flexibility index (Phi) is 33.5. The number of methoxy groups -OCH3 is 2. The van der Waals surface area contributed by atoms with Crippen LogP contribution in [0.1, 0.15) is 123 Å². The van der Waals surface area contributed by atoms with Crippen molar-refractivity contribution in [3.8, 4) is 12.1 Å². The second kappa shape index (κ2) is 37.0. The Labute approximate surface area is 517 Å².